The fraction of sp³-hybridized carbons (Fsp3) is 0.238. The van der Waals surface area contributed by atoms with Gasteiger partial charge < -0.3 is 0 Å². The highest BCUT2D eigenvalue weighted by Crippen LogP contribution is 2.43. The molecule has 0 bridgehead atoms. The molecule has 0 atom stereocenters. The molecule has 126 valence electrons. The summed E-state index contributed by atoms with van der Waals surface area (Å²) in [5.74, 6) is 0.439. The van der Waals surface area contributed by atoms with E-state index in [0.717, 1.165) is 35.1 Å². The van der Waals surface area contributed by atoms with Gasteiger partial charge in [0.25, 0.3) is 0 Å². The van der Waals surface area contributed by atoms with Crippen molar-refractivity contribution in [3.63, 3.8) is 0 Å². The first-order valence-corrected chi connectivity index (χ1v) is 8.58. The number of rotatable bonds is 4. The molecule has 1 heterocycles. The third kappa shape index (κ3) is 2.74. The minimum absolute atomic E-state index is 0.0247. The van der Waals surface area contributed by atoms with Crippen LogP contribution in [0.5, 0.6) is 0 Å². The number of para-hydroxylation sites is 1. The van der Waals surface area contributed by atoms with Gasteiger partial charge in [-0.25, -0.2) is 9.69 Å². The van der Waals surface area contributed by atoms with Gasteiger partial charge in [-0.05, 0) is 44.0 Å². The van der Waals surface area contributed by atoms with Crippen molar-refractivity contribution in [3.05, 3.63) is 65.9 Å². The number of aromatic nitrogens is 1. The zero-order valence-electron chi connectivity index (χ0n) is 14.4. The third-order valence-corrected chi connectivity index (χ3v) is 4.71. The number of hydrogen-bond acceptors (Lipinski definition) is 2. The van der Waals surface area contributed by atoms with Crippen LogP contribution < -0.4 is 5.01 Å². The van der Waals surface area contributed by atoms with E-state index in [4.69, 9.17) is 0 Å². The van der Waals surface area contributed by atoms with Crippen LogP contribution in [0.2, 0.25) is 0 Å². The number of ketones is 1. The van der Waals surface area contributed by atoms with E-state index in [1.54, 1.807) is 18.9 Å². The lowest BCUT2D eigenvalue weighted by Crippen LogP contribution is -2.35. The number of fused-ring (bicyclic) bond motifs is 1. The first-order chi connectivity index (χ1) is 12.1. The Labute approximate surface area is 146 Å². The second-order valence-corrected chi connectivity index (χ2v) is 6.65. The first kappa shape index (κ1) is 15.6. The van der Waals surface area contributed by atoms with Gasteiger partial charge in [0.2, 0.25) is 5.91 Å². The van der Waals surface area contributed by atoms with Crippen molar-refractivity contribution >= 4 is 28.3 Å². The maximum atomic E-state index is 12.5. The molecule has 4 rings (SSSR count). The van der Waals surface area contributed by atoms with E-state index in [1.807, 2.05) is 53.2 Å². The van der Waals surface area contributed by atoms with Crippen LogP contribution in [0, 0.1) is 0 Å². The van der Waals surface area contributed by atoms with Crippen LogP contribution in [0.4, 0.5) is 5.69 Å². The van der Waals surface area contributed by atoms with Gasteiger partial charge in [0.05, 0.1) is 11.2 Å². The maximum Gasteiger partial charge on any atom is 0.243 e. The van der Waals surface area contributed by atoms with Gasteiger partial charge in [-0.3, -0.25) is 9.59 Å². The number of anilines is 1. The molecule has 2 aromatic carbocycles. The zero-order chi connectivity index (χ0) is 17.6. The summed E-state index contributed by atoms with van der Waals surface area (Å²) in [4.78, 5) is 24.4. The molecule has 1 fully saturated rings. The van der Waals surface area contributed by atoms with E-state index in [1.165, 1.54) is 0 Å². The van der Waals surface area contributed by atoms with Crippen molar-refractivity contribution in [3.8, 4) is 0 Å². The zero-order valence-corrected chi connectivity index (χ0v) is 14.4. The van der Waals surface area contributed by atoms with E-state index >= 15 is 0 Å². The minimum Gasteiger partial charge on any atom is -0.295 e. The fourth-order valence-corrected chi connectivity index (χ4v) is 3.33. The summed E-state index contributed by atoms with van der Waals surface area (Å²) in [6.45, 7) is 3.14. The summed E-state index contributed by atoms with van der Waals surface area (Å²) < 4.78 is 2.00. The number of carbonyl (C=O) groups is 2. The third-order valence-electron chi connectivity index (χ3n) is 4.71. The standard InChI is InChI=1S/C21H20N2O2/c1-14(24)17-10-11-18-13-20(16-8-9-16)23(21(18)12-17)22(15(2)25)19-6-4-3-5-7-19/h3-7,10-13,16H,8-9H2,1-2H3. The summed E-state index contributed by atoms with van der Waals surface area (Å²) in [7, 11) is 0. The monoisotopic (exact) mass is 332 g/mol. The molecule has 0 spiro atoms. The number of hydrogen-bond donors (Lipinski definition) is 0. The Bertz CT molecular complexity index is 968. The van der Waals surface area contributed by atoms with Crippen molar-refractivity contribution in [2.24, 2.45) is 0 Å². The summed E-state index contributed by atoms with van der Waals surface area (Å²) in [5, 5.41) is 2.76. The van der Waals surface area contributed by atoms with E-state index < -0.39 is 0 Å². The fourth-order valence-electron chi connectivity index (χ4n) is 3.33. The number of amides is 1. The van der Waals surface area contributed by atoms with E-state index in [2.05, 4.69) is 6.07 Å². The molecule has 25 heavy (non-hydrogen) atoms. The highest BCUT2D eigenvalue weighted by atomic mass is 16.2. The minimum atomic E-state index is -0.0566. The van der Waals surface area contributed by atoms with Gasteiger partial charge in [-0.15, -0.1) is 0 Å². The van der Waals surface area contributed by atoms with Crippen molar-refractivity contribution in [2.45, 2.75) is 32.6 Å². The molecule has 0 unspecified atom stereocenters. The molecular weight excluding hydrogens is 312 g/mol. The molecule has 0 aliphatic heterocycles. The van der Waals surface area contributed by atoms with Crippen LogP contribution in [-0.4, -0.2) is 16.4 Å². The lowest BCUT2D eigenvalue weighted by Gasteiger charge is -2.26. The highest BCUT2D eigenvalue weighted by Gasteiger charge is 2.31. The van der Waals surface area contributed by atoms with Crippen LogP contribution in [-0.2, 0) is 4.79 Å². The summed E-state index contributed by atoms with van der Waals surface area (Å²) >= 11 is 0. The Morgan fingerprint density at radius 2 is 1.72 bits per heavy atom. The lowest BCUT2D eigenvalue weighted by molar-refractivity contribution is -0.117. The quantitative estimate of drug-likeness (QED) is 0.658. The first-order valence-electron chi connectivity index (χ1n) is 8.58. The van der Waals surface area contributed by atoms with Gasteiger partial charge >= 0.3 is 0 Å². The van der Waals surface area contributed by atoms with Crippen LogP contribution in [0.3, 0.4) is 0 Å². The number of carbonyl (C=O) groups excluding carboxylic acids is 2. The highest BCUT2D eigenvalue weighted by molar-refractivity contribution is 5.99. The Kier molecular flexibility index (Phi) is 3.68. The smallest absolute Gasteiger partial charge is 0.243 e. The van der Waals surface area contributed by atoms with Crippen LogP contribution in [0.15, 0.2) is 54.6 Å². The average molecular weight is 332 g/mol. The van der Waals surface area contributed by atoms with Gasteiger partial charge in [-0.2, -0.15) is 0 Å². The van der Waals surface area contributed by atoms with E-state index in [0.29, 0.717) is 11.5 Å². The Morgan fingerprint density at radius 1 is 1.00 bits per heavy atom. The molecule has 0 saturated heterocycles. The Balaban J connectivity index is 1.99. The molecule has 3 aromatic rings. The van der Waals surface area contributed by atoms with Gasteiger partial charge in [0, 0.05) is 29.5 Å². The van der Waals surface area contributed by atoms with E-state index in [-0.39, 0.29) is 11.7 Å². The van der Waals surface area contributed by atoms with Gasteiger partial charge in [0.15, 0.2) is 5.78 Å². The normalized spacial score (nSPS) is 13.8. The summed E-state index contributed by atoms with van der Waals surface area (Å²) in [6.07, 6.45) is 2.27. The van der Waals surface area contributed by atoms with E-state index in [9.17, 15) is 9.59 Å². The lowest BCUT2D eigenvalue weighted by atomic mass is 10.1. The molecule has 1 saturated carbocycles. The predicted molar refractivity (Wildman–Crippen MR) is 98.9 cm³/mol. The maximum absolute atomic E-state index is 12.5. The van der Waals surface area contributed by atoms with Crippen molar-refractivity contribution in [1.29, 1.82) is 0 Å². The topological polar surface area (TPSA) is 42.3 Å². The number of nitrogens with zero attached hydrogens (tertiary/aromatic N) is 2. The molecule has 1 amide bonds. The Morgan fingerprint density at radius 3 is 2.32 bits per heavy atom. The molecule has 1 aliphatic carbocycles. The SMILES string of the molecule is CC(=O)c1ccc2cc(C3CC3)n(N(C(C)=O)c3ccccc3)c2c1. The number of Topliss-reactive ketones (excluding diaryl/α,β-unsaturated/α-hetero) is 1. The molecule has 0 radical (unpaired) electrons. The van der Waals surface area contributed by atoms with Crippen LogP contribution in [0.1, 0.15) is 48.7 Å². The van der Waals surface area contributed by atoms with Crippen LogP contribution in [0.25, 0.3) is 10.9 Å². The van der Waals surface area contributed by atoms with Crippen molar-refractivity contribution in [1.82, 2.24) is 4.68 Å². The van der Waals surface area contributed by atoms with Crippen molar-refractivity contribution < 1.29 is 9.59 Å². The van der Waals surface area contributed by atoms with Gasteiger partial charge in [-0.1, -0.05) is 30.3 Å². The summed E-state index contributed by atoms with van der Waals surface area (Å²) in [6, 6.07) is 17.5. The molecule has 4 heteroatoms. The summed E-state index contributed by atoms with van der Waals surface area (Å²) in [5.41, 5.74) is 3.51. The van der Waals surface area contributed by atoms with Crippen molar-refractivity contribution in [2.75, 3.05) is 5.01 Å². The predicted octanol–water partition coefficient (Wildman–Crippen LogP) is 4.54. The largest absolute Gasteiger partial charge is 0.295 e. The molecule has 1 aromatic heterocycles. The van der Waals surface area contributed by atoms with Crippen LogP contribution >= 0.6 is 0 Å². The average Bonchev–Trinajstić information content (AvgIpc) is 3.38. The molecule has 1 aliphatic rings. The second kappa shape index (κ2) is 5.88. The Hall–Kier alpha value is -2.88. The molecule has 4 nitrogen and oxygen atoms in total. The molecular formula is C21H20N2O2. The van der Waals surface area contributed by atoms with Gasteiger partial charge in [0.1, 0.15) is 0 Å². The number of benzene rings is 2. The second-order valence-electron chi connectivity index (χ2n) is 6.65. The molecule has 0 N–H and O–H groups in total.